The minimum atomic E-state index is -3.44. The molecule has 0 spiro atoms. The quantitative estimate of drug-likeness (QED) is 0.880. The fraction of sp³-hybridized carbons (Fsp3) is 0.636. The van der Waals surface area contributed by atoms with Crippen molar-refractivity contribution in [1.29, 1.82) is 0 Å². The van der Waals surface area contributed by atoms with E-state index in [-0.39, 0.29) is 5.09 Å². The number of rotatable bonds is 5. The molecule has 0 atom stereocenters. The minimum absolute atomic E-state index is 0.0577. The van der Waals surface area contributed by atoms with Crippen LogP contribution < -0.4 is 5.32 Å². The van der Waals surface area contributed by atoms with Gasteiger partial charge in [0.2, 0.25) is 5.09 Å². The maximum absolute atomic E-state index is 12.3. The van der Waals surface area contributed by atoms with E-state index in [1.165, 1.54) is 4.31 Å². The molecule has 1 saturated heterocycles. The number of nitrogens with one attached hydrogen (secondary N) is 1. The number of furan rings is 1. The maximum Gasteiger partial charge on any atom is 0.276 e. The van der Waals surface area contributed by atoms with E-state index in [2.05, 4.69) is 5.32 Å². The monoisotopic (exact) mass is 290 g/mol. The molecule has 0 bridgehead atoms. The van der Waals surface area contributed by atoms with Gasteiger partial charge in [-0.25, -0.2) is 8.42 Å². The molecule has 1 aliphatic rings. The molecule has 1 aliphatic heterocycles. The summed E-state index contributed by atoms with van der Waals surface area (Å²) in [6.07, 6.45) is 0. The third-order valence-electron chi connectivity index (χ3n) is 2.75. The van der Waals surface area contributed by atoms with Crippen LogP contribution in [0.25, 0.3) is 0 Å². The lowest BCUT2D eigenvalue weighted by molar-refractivity contribution is 0.374. The minimum Gasteiger partial charge on any atom is -0.447 e. The van der Waals surface area contributed by atoms with Crippen molar-refractivity contribution in [1.82, 2.24) is 9.62 Å². The van der Waals surface area contributed by atoms with Crippen molar-refractivity contribution < 1.29 is 12.8 Å². The molecule has 2 heterocycles. The Hall–Kier alpha value is -0.500. The summed E-state index contributed by atoms with van der Waals surface area (Å²) in [5.41, 5.74) is 0. The molecule has 18 heavy (non-hydrogen) atoms. The summed E-state index contributed by atoms with van der Waals surface area (Å²) in [4.78, 5) is 0. The lowest BCUT2D eigenvalue weighted by Gasteiger charge is -2.24. The van der Waals surface area contributed by atoms with Gasteiger partial charge in [0, 0.05) is 24.6 Å². The Labute approximate surface area is 112 Å². The van der Waals surface area contributed by atoms with E-state index in [0.29, 0.717) is 25.4 Å². The zero-order valence-electron chi connectivity index (χ0n) is 10.4. The number of hydrogen-bond acceptors (Lipinski definition) is 5. The van der Waals surface area contributed by atoms with E-state index in [4.69, 9.17) is 4.42 Å². The molecule has 2 rings (SSSR count). The van der Waals surface area contributed by atoms with Gasteiger partial charge in [0.1, 0.15) is 5.76 Å². The van der Waals surface area contributed by atoms with Crippen molar-refractivity contribution in [2.75, 3.05) is 31.1 Å². The van der Waals surface area contributed by atoms with Gasteiger partial charge in [-0.15, -0.1) is 0 Å². The Morgan fingerprint density at radius 3 is 2.78 bits per heavy atom. The summed E-state index contributed by atoms with van der Waals surface area (Å²) in [6.45, 7) is 4.51. The van der Waals surface area contributed by atoms with E-state index in [9.17, 15) is 8.42 Å². The van der Waals surface area contributed by atoms with Gasteiger partial charge < -0.3 is 9.73 Å². The molecule has 1 aromatic rings. The third kappa shape index (κ3) is 3.09. The van der Waals surface area contributed by atoms with E-state index in [1.807, 2.05) is 6.92 Å². The second-order valence-corrected chi connectivity index (χ2v) is 7.11. The van der Waals surface area contributed by atoms with Gasteiger partial charge in [-0.3, -0.25) is 0 Å². The summed E-state index contributed by atoms with van der Waals surface area (Å²) in [7, 11) is -3.44. The van der Waals surface area contributed by atoms with Gasteiger partial charge in [-0.2, -0.15) is 16.1 Å². The van der Waals surface area contributed by atoms with Gasteiger partial charge in [-0.05, 0) is 18.7 Å². The van der Waals surface area contributed by atoms with Crippen LogP contribution in [0.5, 0.6) is 0 Å². The first kappa shape index (κ1) is 13.9. The van der Waals surface area contributed by atoms with E-state index < -0.39 is 10.0 Å². The van der Waals surface area contributed by atoms with Crippen LogP contribution in [0.4, 0.5) is 0 Å². The molecule has 7 heteroatoms. The number of thioether (sulfide) groups is 1. The van der Waals surface area contributed by atoms with Crippen molar-refractivity contribution in [3.8, 4) is 0 Å². The van der Waals surface area contributed by atoms with Crippen molar-refractivity contribution >= 4 is 21.8 Å². The number of sulfonamides is 1. The van der Waals surface area contributed by atoms with Crippen LogP contribution in [-0.4, -0.2) is 43.9 Å². The molecule has 0 aromatic carbocycles. The van der Waals surface area contributed by atoms with Crippen LogP contribution in [-0.2, 0) is 16.6 Å². The summed E-state index contributed by atoms with van der Waals surface area (Å²) in [5, 5.41) is 3.16. The second kappa shape index (κ2) is 6.10. The van der Waals surface area contributed by atoms with Crippen LogP contribution >= 0.6 is 11.8 Å². The smallest absolute Gasteiger partial charge is 0.276 e. The molecule has 5 nitrogen and oxygen atoms in total. The molecule has 1 N–H and O–H groups in total. The van der Waals surface area contributed by atoms with Gasteiger partial charge >= 0.3 is 0 Å². The first-order chi connectivity index (χ1) is 8.64. The predicted molar refractivity (Wildman–Crippen MR) is 72.2 cm³/mol. The summed E-state index contributed by atoms with van der Waals surface area (Å²) in [5.74, 6) is 2.36. The Kier molecular flexibility index (Phi) is 4.71. The highest BCUT2D eigenvalue weighted by Crippen LogP contribution is 2.21. The summed E-state index contributed by atoms with van der Waals surface area (Å²) >= 11 is 1.78. The topological polar surface area (TPSA) is 62.6 Å². The fourth-order valence-electron chi connectivity index (χ4n) is 1.75. The summed E-state index contributed by atoms with van der Waals surface area (Å²) in [6, 6.07) is 3.26. The second-order valence-electron chi connectivity index (χ2n) is 4.02. The Morgan fingerprint density at radius 2 is 2.11 bits per heavy atom. The maximum atomic E-state index is 12.3. The van der Waals surface area contributed by atoms with Crippen LogP contribution in [0.15, 0.2) is 21.6 Å². The van der Waals surface area contributed by atoms with Gasteiger partial charge in [0.05, 0.1) is 6.54 Å². The molecular formula is C11H18N2O3S2. The SMILES string of the molecule is CCNCc1ccc(S(=O)(=O)N2CCSCC2)o1. The average molecular weight is 290 g/mol. The first-order valence-corrected chi connectivity index (χ1v) is 8.61. The number of hydrogen-bond donors (Lipinski definition) is 1. The largest absolute Gasteiger partial charge is 0.447 e. The van der Waals surface area contributed by atoms with Crippen molar-refractivity contribution in [3.63, 3.8) is 0 Å². The van der Waals surface area contributed by atoms with E-state index >= 15 is 0 Å². The molecule has 0 saturated carbocycles. The lowest BCUT2D eigenvalue weighted by atomic mass is 10.4. The van der Waals surface area contributed by atoms with Crippen molar-refractivity contribution in [2.45, 2.75) is 18.6 Å². The molecule has 0 radical (unpaired) electrons. The number of nitrogens with zero attached hydrogens (tertiary/aromatic N) is 1. The van der Waals surface area contributed by atoms with Crippen molar-refractivity contribution in [2.24, 2.45) is 0 Å². The molecule has 102 valence electrons. The normalized spacial score (nSPS) is 18.1. The molecular weight excluding hydrogens is 272 g/mol. The summed E-state index contributed by atoms with van der Waals surface area (Å²) < 4.78 is 31.5. The zero-order chi connectivity index (χ0) is 13.0. The molecule has 0 amide bonds. The fourth-order valence-corrected chi connectivity index (χ4v) is 4.26. The van der Waals surface area contributed by atoms with E-state index in [1.54, 1.807) is 23.9 Å². The Morgan fingerprint density at radius 1 is 1.39 bits per heavy atom. The van der Waals surface area contributed by atoms with Gasteiger partial charge in [-0.1, -0.05) is 6.92 Å². The van der Waals surface area contributed by atoms with Crippen LogP contribution in [0, 0.1) is 0 Å². The standard InChI is InChI=1S/C11H18N2O3S2/c1-2-12-9-10-3-4-11(16-10)18(14,15)13-5-7-17-8-6-13/h3-4,12H,2,5-9H2,1H3. The van der Waals surface area contributed by atoms with E-state index in [0.717, 1.165) is 18.1 Å². The third-order valence-corrected chi connectivity index (χ3v) is 5.47. The van der Waals surface area contributed by atoms with Crippen molar-refractivity contribution in [3.05, 3.63) is 17.9 Å². The highest BCUT2D eigenvalue weighted by molar-refractivity contribution is 7.99. The zero-order valence-corrected chi connectivity index (χ0v) is 12.0. The Balaban J connectivity index is 2.11. The van der Waals surface area contributed by atoms with Crippen LogP contribution in [0.1, 0.15) is 12.7 Å². The highest BCUT2D eigenvalue weighted by Gasteiger charge is 2.28. The Bertz CT molecular complexity index is 478. The van der Waals surface area contributed by atoms with Gasteiger partial charge in [0.15, 0.2) is 0 Å². The lowest BCUT2D eigenvalue weighted by Crippen LogP contribution is -2.37. The average Bonchev–Trinajstić information content (AvgIpc) is 2.87. The molecule has 0 aliphatic carbocycles. The molecule has 1 aromatic heterocycles. The first-order valence-electron chi connectivity index (χ1n) is 6.02. The van der Waals surface area contributed by atoms with Gasteiger partial charge in [0.25, 0.3) is 10.0 Å². The highest BCUT2D eigenvalue weighted by atomic mass is 32.2. The van der Waals surface area contributed by atoms with Crippen LogP contribution in [0.3, 0.4) is 0 Å². The predicted octanol–water partition coefficient (Wildman–Crippen LogP) is 1.13. The molecule has 0 unspecified atom stereocenters. The van der Waals surface area contributed by atoms with Crippen LogP contribution in [0.2, 0.25) is 0 Å². The molecule has 1 fully saturated rings.